The summed E-state index contributed by atoms with van der Waals surface area (Å²) in [6.07, 6.45) is 1.09. The molecule has 26 heavy (non-hydrogen) atoms. The molecule has 146 valence electrons. The number of hydrogen-bond donors (Lipinski definition) is 2. The van der Waals surface area contributed by atoms with Crippen LogP contribution >= 0.6 is 0 Å². The van der Waals surface area contributed by atoms with Gasteiger partial charge in [0.15, 0.2) is 0 Å². The van der Waals surface area contributed by atoms with Gasteiger partial charge in [0.05, 0.1) is 4.90 Å². The van der Waals surface area contributed by atoms with E-state index in [4.69, 9.17) is 5.11 Å². The number of aryl methyl sites for hydroxylation is 1. The first kappa shape index (κ1) is 22.1. The molecule has 1 aromatic rings. The lowest BCUT2D eigenvalue weighted by Crippen LogP contribution is -2.49. The zero-order valence-corrected chi connectivity index (χ0v) is 16.4. The van der Waals surface area contributed by atoms with Gasteiger partial charge in [-0.15, -0.1) is 0 Å². The third-order valence-corrected chi connectivity index (χ3v) is 5.36. The largest absolute Gasteiger partial charge is 0.481 e. The van der Waals surface area contributed by atoms with E-state index in [1.807, 2.05) is 20.8 Å². The van der Waals surface area contributed by atoms with Crippen molar-refractivity contribution in [1.82, 2.24) is 9.62 Å². The molecule has 0 aromatic heterocycles. The highest BCUT2D eigenvalue weighted by atomic mass is 32.2. The summed E-state index contributed by atoms with van der Waals surface area (Å²) in [6, 6.07) is 5.17. The van der Waals surface area contributed by atoms with Crippen molar-refractivity contribution in [3.63, 3.8) is 0 Å². The van der Waals surface area contributed by atoms with E-state index in [0.29, 0.717) is 13.1 Å². The van der Waals surface area contributed by atoms with E-state index in [1.54, 1.807) is 17.0 Å². The Morgan fingerprint density at radius 2 is 1.65 bits per heavy atom. The van der Waals surface area contributed by atoms with Crippen molar-refractivity contribution >= 4 is 21.9 Å². The van der Waals surface area contributed by atoms with Crippen molar-refractivity contribution in [3.05, 3.63) is 29.8 Å². The Kier molecular flexibility index (Phi) is 8.74. The van der Waals surface area contributed by atoms with Gasteiger partial charge in [-0.05, 0) is 38.3 Å². The Morgan fingerprint density at radius 3 is 2.12 bits per heavy atom. The number of nitrogens with one attached hydrogen (secondary N) is 1. The lowest BCUT2D eigenvalue weighted by Gasteiger charge is -2.27. The summed E-state index contributed by atoms with van der Waals surface area (Å²) in [7, 11) is -3.92. The number of rotatable bonds is 11. The topological polar surface area (TPSA) is 104 Å². The molecular weight excluding hydrogens is 356 g/mol. The number of nitrogens with zero attached hydrogens (tertiary/aromatic N) is 1. The molecule has 0 unspecified atom stereocenters. The number of sulfonamides is 1. The second kappa shape index (κ2) is 10.3. The fourth-order valence-corrected chi connectivity index (χ4v) is 3.79. The van der Waals surface area contributed by atoms with Crippen molar-refractivity contribution in [2.24, 2.45) is 0 Å². The minimum atomic E-state index is -3.92. The molecule has 0 spiro atoms. The zero-order valence-electron chi connectivity index (χ0n) is 15.6. The van der Waals surface area contributed by atoms with Gasteiger partial charge in [-0.3, -0.25) is 9.59 Å². The third-order valence-electron chi connectivity index (χ3n) is 3.87. The molecule has 1 atom stereocenters. The second-order valence-electron chi connectivity index (χ2n) is 6.24. The highest BCUT2D eigenvalue weighted by Gasteiger charge is 2.29. The first-order chi connectivity index (χ1) is 12.2. The van der Waals surface area contributed by atoms with E-state index < -0.39 is 22.0 Å². The molecule has 0 saturated heterocycles. The van der Waals surface area contributed by atoms with Gasteiger partial charge in [0, 0.05) is 19.5 Å². The zero-order chi connectivity index (χ0) is 19.7. The number of carbonyl (C=O) groups excluding carboxylic acids is 1. The van der Waals surface area contributed by atoms with Gasteiger partial charge in [0.2, 0.25) is 15.9 Å². The fraction of sp³-hybridized carbons (Fsp3) is 0.556. The van der Waals surface area contributed by atoms with Crippen molar-refractivity contribution in [3.8, 4) is 0 Å². The molecular formula is C18H28N2O5S. The molecule has 0 aliphatic rings. The van der Waals surface area contributed by atoms with Crippen LogP contribution in [0.15, 0.2) is 29.2 Å². The highest BCUT2D eigenvalue weighted by molar-refractivity contribution is 7.89. The summed E-state index contributed by atoms with van der Waals surface area (Å²) in [5, 5.41) is 8.93. The average molecular weight is 384 g/mol. The first-order valence-corrected chi connectivity index (χ1v) is 10.3. The molecule has 0 fully saturated rings. The normalized spacial score (nSPS) is 12.6. The smallest absolute Gasteiger partial charge is 0.303 e. The predicted octanol–water partition coefficient (Wildman–Crippen LogP) is 2.16. The summed E-state index contributed by atoms with van der Waals surface area (Å²) in [5.74, 6) is -1.46. The number of carbonyl (C=O) groups is 2. The summed E-state index contributed by atoms with van der Waals surface area (Å²) in [5.41, 5.74) is 0.916. The second-order valence-corrected chi connectivity index (χ2v) is 7.96. The van der Waals surface area contributed by atoms with E-state index in [0.717, 1.165) is 18.4 Å². The van der Waals surface area contributed by atoms with E-state index in [1.165, 1.54) is 12.1 Å². The molecule has 0 aliphatic carbocycles. The van der Waals surface area contributed by atoms with Gasteiger partial charge in [-0.1, -0.05) is 31.5 Å². The molecule has 1 amide bonds. The number of carboxylic acid groups (broad SMARTS) is 1. The fourth-order valence-electron chi connectivity index (χ4n) is 2.57. The Morgan fingerprint density at radius 1 is 1.12 bits per heavy atom. The monoisotopic (exact) mass is 384 g/mol. The van der Waals surface area contributed by atoms with E-state index >= 15 is 0 Å². The SMILES string of the molecule is CCCN(CCC)C(=O)[C@@H](CCC(=O)O)NS(=O)(=O)c1ccc(C)cc1. The summed E-state index contributed by atoms with van der Waals surface area (Å²) in [6.45, 7) is 6.71. The maximum atomic E-state index is 12.8. The van der Waals surface area contributed by atoms with Gasteiger partial charge in [0.25, 0.3) is 0 Å². The lowest BCUT2D eigenvalue weighted by atomic mass is 10.1. The maximum absolute atomic E-state index is 12.8. The van der Waals surface area contributed by atoms with Gasteiger partial charge >= 0.3 is 5.97 Å². The van der Waals surface area contributed by atoms with Crippen LogP contribution in [0.5, 0.6) is 0 Å². The molecule has 0 saturated carbocycles. The minimum absolute atomic E-state index is 0.0498. The van der Waals surface area contributed by atoms with Crippen LogP contribution in [0.4, 0.5) is 0 Å². The molecule has 8 heteroatoms. The molecule has 0 aliphatic heterocycles. The number of benzene rings is 1. The third kappa shape index (κ3) is 6.76. The number of hydrogen-bond acceptors (Lipinski definition) is 4. The molecule has 2 N–H and O–H groups in total. The molecule has 7 nitrogen and oxygen atoms in total. The van der Waals surface area contributed by atoms with E-state index in [2.05, 4.69) is 4.72 Å². The molecule has 1 aromatic carbocycles. The minimum Gasteiger partial charge on any atom is -0.481 e. The van der Waals surface area contributed by atoms with Gasteiger partial charge in [-0.2, -0.15) is 4.72 Å². The summed E-state index contributed by atoms with van der Waals surface area (Å²) >= 11 is 0. The number of carboxylic acids is 1. The van der Waals surface area contributed by atoms with Crippen LogP contribution in [0.2, 0.25) is 0 Å². The van der Waals surface area contributed by atoms with Crippen LogP contribution < -0.4 is 4.72 Å². The Bertz CT molecular complexity index is 695. The maximum Gasteiger partial charge on any atom is 0.303 e. The predicted molar refractivity (Wildman–Crippen MR) is 99.3 cm³/mol. The van der Waals surface area contributed by atoms with Crippen molar-refractivity contribution in [1.29, 1.82) is 0 Å². The van der Waals surface area contributed by atoms with E-state index in [9.17, 15) is 18.0 Å². The highest BCUT2D eigenvalue weighted by Crippen LogP contribution is 2.13. The molecule has 0 radical (unpaired) electrons. The average Bonchev–Trinajstić information content (AvgIpc) is 2.58. The summed E-state index contributed by atoms with van der Waals surface area (Å²) in [4.78, 5) is 25.4. The lowest BCUT2D eigenvalue weighted by molar-refractivity contribution is -0.137. The van der Waals surface area contributed by atoms with Crippen molar-refractivity contribution < 1.29 is 23.1 Å². The molecule has 0 bridgehead atoms. The quantitative estimate of drug-likeness (QED) is 0.608. The molecule has 0 heterocycles. The standard InChI is InChI=1S/C18H28N2O5S/c1-4-12-20(13-5-2)18(23)16(10-11-17(21)22)19-26(24,25)15-8-6-14(3)7-9-15/h6-9,16,19H,4-5,10-13H2,1-3H3,(H,21,22)/t16-/m1/s1. The Labute approximate surface area is 155 Å². The number of aliphatic carboxylic acids is 1. The summed E-state index contributed by atoms with van der Waals surface area (Å²) < 4.78 is 27.6. The van der Waals surface area contributed by atoms with Crippen molar-refractivity contribution in [2.45, 2.75) is 57.4 Å². The Balaban J connectivity index is 3.06. The van der Waals surface area contributed by atoms with Gasteiger partial charge < -0.3 is 10.0 Å². The van der Waals surface area contributed by atoms with Gasteiger partial charge in [-0.25, -0.2) is 8.42 Å². The first-order valence-electron chi connectivity index (χ1n) is 8.80. The Hall–Kier alpha value is -1.93. The van der Waals surface area contributed by atoms with E-state index in [-0.39, 0.29) is 23.6 Å². The van der Waals surface area contributed by atoms with Crippen LogP contribution in [0.1, 0.15) is 45.1 Å². The van der Waals surface area contributed by atoms with Crippen LogP contribution in [0.3, 0.4) is 0 Å². The van der Waals surface area contributed by atoms with Crippen LogP contribution in [0, 0.1) is 6.92 Å². The van der Waals surface area contributed by atoms with Gasteiger partial charge in [0.1, 0.15) is 6.04 Å². The van der Waals surface area contributed by atoms with Crippen LogP contribution in [-0.2, 0) is 19.6 Å². The molecule has 1 rings (SSSR count). The van der Waals surface area contributed by atoms with Crippen LogP contribution in [0.25, 0.3) is 0 Å². The number of amides is 1. The van der Waals surface area contributed by atoms with Crippen LogP contribution in [-0.4, -0.2) is 49.4 Å². The van der Waals surface area contributed by atoms with Crippen molar-refractivity contribution in [2.75, 3.05) is 13.1 Å².